The highest BCUT2D eigenvalue weighted by Gasteiger charge is 2.17. The average Bonchev–Trinajstić information content (AvgIpc) is 2.96. The quantitative estimate of drug-likeness (QED) is 0.653. The Hall–Kier alpha value is -2.51. The van der Waals surface area contributed by atoms with Crippen LogP contribution < -0.4 is 0 Å². The lowest BCUT2D eigenvalue weighted by molar-refractivity contribution is 0.380. The topological polar surface area (TPSA) is 104 Å². The summed E-state index contributed by atoms with van der Waals surface area (Å²) in [5.74, 6) is 1.81. The molecule has 0 atom stereocenters. The van der Waals surface area contributed by atoms with Crippen LogP contribution in [0.5, 0.6) is 0 Å². The molecule has 3 aromatic rings. The van der Waals surface area contributed by atoms with Gasteiger partial charge < -0.3 is 13.6 Å². The molecule has 8 heteroatoms. The van der Waals surface area contributed by atoms with Crippen molar-refractivity contribution in [2.75, 3.05) is 0 Å². The predicted octanol–water partition coefficient (Wildman–Crippen LogP) is 1.39. The van der Waals surface area contributed by atoms with Crippen LogP contribution in [0.15, 0.2) is 19.6 Å². The minimum Gasteiger partial charge on any atom is -0.361 e. The van der Waals surface area contributed by atoms with E-state index in [1.165, 1.54) is 0 Å². The van der Waals surface area contributed by atoms with Gasteiger partial charge >= 0.3 is 11.8 Å². The molecular weight excluding hydrogens is 226 g/mol. The summed E-state index contributed by atoms with van der Waals surface area (Å²) >= 11 is 0. The van der Waals surface area contributed by atoms with Gasteiger partial charge in [-0.25, -0.2) is 0 Å². The molecule has 0 radical (unpaired) electrons. The molecule has 86 valence electrons. The first-order valence-electron chi connectivity index (χ1n) is 4.80. The minimum absolute atomic E-state index is 0.154. The van der Waals surface area contributed by atoms with Crippen molar-refractivity contribution in [2.24, 2.45) is 0 Å². The summed E-state index contributed by atoms with van der Waals surface area (Å²) < 4.78 is 14.8. The number of aromatic nitrogens is 5. The fraction of sp³-hybridized carbons (Fsp3) is 0.222. The Morgan fingerprint density at radius 3 is 2.29 bits per heavy atom. The SMILES string of the molecule is Cc1noc(-c2nc(-c3cc(C)on3)no2)n1. The summed E-state index contributed by atoms with van der Waals surface area (Å²) in [5, 5.41) is 11.2. The molecule has 0 bridgehead atoms. The van der Waals surface area contributed by atoms with Gasteiger partial charge in [0, 0.05) is 6.07 Å². The van der Waals surface area contributed by atoms with Gasteiger partial charge in [0.15, 0.2) is 11.5 Å². The number of hydrogen-bond acceptors (Lipinski definition) is 8. The molecular formula is C9H7N5O3. The van der Waals surface area contributed by atoms with Crippen molar-refractivity contribution in [1.29, 1.82) is 0 Å². The zero-order chi connectivity index (χ0) is 11.8. The smallest absolute Gasteiger partial charge is 0.316 e. The van der Waals surface area contributed by atoms with E-state index in [9.17, 15) is 0 Å². The second-order valence-electron chi connectivity index (χ2n) is 3.39. The highest BCUT2D eigenvalue weighted by atomic mass is 16.5. The van der Waals surface area contributed by atoms with E-state index in [4.69, 9.17) is 13.6 Å². The van der Waals surface area contributed by atoms with Crippen LogP contribution in [0.1, 0.15) is 11.6 Å². The molecule has 3 rings (SSSR count). The molecule has 0 aliphatic carbocycles. The van der Waals surface area contributed by atoms with Crippen molar-refractivity contribution in [3.63, 3.8) is 0 Å². The van der Waals surface area contributed by atoms with E-state index in [0.29, 0.717) is 23.1 Å². The maximum atomic E-state index is 4.99. The molecule has 3 heterocycles. The first kappa shape index (κ1) is 9.70. The Balaban J connectivity index is 1.98. The first-order valence-corrected chi connectivity index (χ1v) is 4.80. The molecule has 0 unspecified atom stereocenters. The van der Waals surface area contributed by atoms with Crippen molar-refractivity contribution < 1.29 is 13.6 Å². The fourth-order valence-electron chi connectivity index (χ4n) is 1.27. The number of nitrogens with zero attached hydrogens (tertiary/aromatic N) is 5. The van der Waals surface area contributed by atoms with E-state index in [-0.39, 0.29) is 11.8 Å². The van der Waals surface area contributed by atoms with Gasteiger partial charge in [0.25, 0.3) is 0 Å². The molecule has 0 aliphatic heterocycles. The number of rotatable bonds is 2. The van der Waals surface area contributed by atoms with Crippen LogP contribution in [0, 0.1) is 13.8 Å². The van der Waals surface area contributed by atoms with Gasteiger partial charge in [0.2, 0.25) is 5.82 Å². The van der Waals surface area contributed by atoms with Crippen LogP contribution in [0.2, 0.25) is 0 Å². The summed E-state index contributed by atoms with van der Waals surface area (Å²) in [5.41, 5.74) is 0.494. The fourth-order valence-corrected chi connectivity index (χ4v) is 1.27. The van der Waals surface area contributed by atoms with Gasteiger partial charge in [-0.15, -0.1) is 0 Å². The molecule has 0 aliphatic rings. The molecule has 0 amide bonds. The molecule has 0 N–H and O–H groups in total. The van der Waals surface area contributed by atoms with E-state index in [1.54, 1.807) is 19.9 Å². The van der Waals surface area contributed by atoms with Crippen LogP contribution >= 0.6 is 0 Å². The second kappa shape index (κ2) is 3.51. The number of aryl methyl sites for hydroxylation is 2. The molecule has 17 heavy (non-hydrogen) atoms. The Morgan fingerprint density at radius 2 is 1.65 bits per heavy atom. The van der Waals surface area contributed by atoms with Crippen LogP contribution in [0.25, 0.3) is 23.3 Å². The Morgan fingerprint density at radius 1 is 0.882 bits per heavy atom. The average molecular weight is 233 g/mol. The van der Waals surface area contributed by atoms with Crippen LogP contribution in [-0.4, -0.2) is 25.4 Å². The Bertz CT molecular complexity index is 598. The predicted molar refractivity (Wildman–Crippen MR) is 52.6 cm³/mol. The van der Waals surface area contributed by atoms with E-state index in [1.807, 2.05) is 0 Å². The number of hydrogen-bond donors (Lipinski definition) is 0. The lowest BCUT2D eigenvalue weighted by Gasteiger charge is -1.79. The monoisotopic (exact) mass is 233 g/mol. The van der Waals surface area contributed by atoms with Crippen molar-refractivity contribution in [2.45, 2.75) is 13.8 Å². The standard InChI is InChI=1S/C9H7N5O3/c1-4-3-6(13-15-4)7-11-9(17-14-7)8-10-5(2)12-16-8/h3H,1-2H3. The molecule has 0 saturated heterocycles. The Kier molecular flexibility index (Phi) is 2.00. The summed E-state index contributed by atoms with van der Waals surface area (Å²) in [6, 6.07) is 1.70. The maximum Gasteiger partial charge on any atom is 0.316 e. The van der Waals surface area contributed by atoms with Crippen LogP contribution in [0.4, 0.5) is 0 Å². The minimum atomic E-state index is 0.154. The Labute approximate surface area is 94.6 Å². The van der Waals surface area contributed by atoms with Gasteiger partial charge in [-0.2, -0.15) is 9.97 Å². The van der Waals surface area contributed by atoms with Gasteiger partial charge in [-0.1, -0.05) is 15.5 Å². The van der Waals surface area contributed by atoms with Crippen molar-refractivity contribution >= 4 is 0 Å². The molecule has 0 spiro atoms. The zero-order valence-electron chi connectivity index (χ0n) is 9.04. The van der Waals surface area contributed by atoms with E-state index in [2.05, 4.69) is 25.4 Å². The molecule has 0 fully saturated rings. The van der Waals surface area contributed by atoms with Gasteiger partial charge in [-0.3, -0.25) is 0 Å². The molecule has 3 aromatic heterocycles. The lowest BCUT2D eigenvalue weighted by atomic mass is 10.4. The van der Waals surface area contributed by atoms with E-state index in [0.717, 1.165) is 0 Å². The molecule has 8 nitrogen and oxygen atoms in total. The normalized spacial score (nSPS) is 10.9. The van der Waals surface area contributed by atoms with Crippen molar-refractivity contribution in [3.05, 3.63) is 17.7 Å². The third kappa shape index (κ3) is 1.69. The van der Waals surface area contributed by atoms with E-state index < -0.39 is 0 Å². The van der Waals surface area contributed by atoms with E-state index >= 15 is 0 Å². The second-order valence-corrected chi connectivity index (χ2v) is 3.39. The summed E-state index contributed by atoms with van der Waals surface area (Å²) in [4.78, 5) is 8.06. The van der Waals surface area contributed by atoms with Crippen LogP contribution in [0.3, 0.4) is 0 Å². The maximum absolute atomic E-state index is 4.99. The van der Waals surface area contributed by atoms with Gasteiger partial charge in [0.05, 0.1) is 0 Å². The van der Waals surface area contributed by atoms with Crippen molar-refractivity contribution in [3.8, 4) is 23.3 Å². The van der Waals surface area contributed by atoms with Gasteiger partial charge in [-0.05, 0) is 13.8 Å². The third-order valence-corrected chi connectivity index (χ3v) is 1.99. The van der Waals surface area contributed by atoms with Crippen molar-refractivity contribution in [1.82, 2.24) is 25.4 Å². The highest BCUT2D eigenvalue weighted by molar-refractivity contribution is 5.50. The highest BCUT2D eigenvalue weighted by Crippen LogP contribution is 2.20. The molecule has 0 aromatic carbocycles. The molecule has 0 saturated carbocycles. The third-order valence-electron chi connectivity index (χ3n) is 1.99. The largest absolute Gasteiger partial charge is 0.361 e. The van der Waals surface area contributed by atoms with Gasteiger partial charge in [0.1, 0.15) is 5.76 Å². The summed E-state index contributed by atoms with van der Waals surface area (Å²) in [7, 11) is 0. The summed E-state index contributed by atoms with van der Waals surface area (Å²) in [6.45, 7) is 3.48. The lowest BCUT2D eigenvalue weighted by Crippen LogP contribution is -1.81. The van der Waals surface area contributed by atoms with Crippen LogP contribution in [-0.2, 0) is 0 Å². The first-order chi connectivity index (χ1) is 8.22. The summed E-state index contributed by atoms with van der Waals surface area (Å²) in [6.07, 6.45) is 0. The zero-order valence-corrected chi connectivity index (χ0v) is 9.04.